The number of piperidine rings is 1. The molecule has 1 aromatic heterocycles. The highest BCUT2D eigenvalue weighted by Crippen LogP contribution is 2.33. The smallest absolute Gasteiger partial charge is 0.311 e. The van der Waals surface area contributed by atoms with E-state index in [1.807, 2.05) is 35.9 Å². The van der Waals surface area contributed by atoms with E-state index in [1.54, 1.807) is 11.8 Å². The lowest BCUT2D eigenvalue weighted by atomic mass is 9.82. The molecule has 1 atom stereocenters. The number of hydrogen-bond acceptors (Lipinski definition) is 3. The topological polar surface area (TPSA) is 75.4 Å². The number of likely N-dealkylation sites (tertiary alicyclic amines) is 1. The molecule has 2 aromatic rings. The van der Waals surface area contributed by atoms with Gasteiger partial charge in [0.15, 0.2) is 5.69 Å². The molecule has 1 aliphatic carbocycles. The number of aryl methyl sites for hydroxylation is 1. The van der Waals surface area contributed by atoms with Gasteiger partial charge in [-0.05, 0) is 57.6 Å². The summed E-state index contributed by atoms with van der Waals surface area (Å²) in [5.41, 5.74) is 3.89. The van der Waals surface area contributed by atoms with Crippen LogP contribution in [0.25, 0.3) is 5.69 Å². The summed E-state index contributed by atoms with van der Waals surface area (Å²) < 4.78 is 1.92. The molecule has 0 saturated carbocycles. The number of fused-ring (bicyclic) bond motifs is 1. The van der Waals surface area contributed by atoms with E-state index in [9.17, 15) is 14.7 Å². The molecule has 1 aromatic carbocycles. The predicted octanol–water partition coefficient (Wildman–Crippen LogP) is 3.00. The van der Waals surface area contributed by atoms with Gasteiger partial charge in [-0.2, -0.15) is 5.10 Å². The molecule has 1 saturated heterocycles. The van der Waals surface area contributed by atoms with Gasteiger partial charge in [0.25, 0.3) is 5.91 Å². The molecular formula is C21H25N3O3. The van der Waals surface area contributed by atoms with Gasteiger partial charge < -0.3 is 10.0 Å². The van der Waals surface area contributed by atoms with Crippen LogP contribution in [0.2, 0.25) is 0 Å². The Labute approximate surface area is 158 Å². The molecule has 27 heavy (non-hydrogen) atoms. The molecule has 1 amide bonds. The van der Waals surface area contributed by atoms with Crippen molar-refractivity contribution in [3.05, 3.63) is 46.8 Å². The number of carbonyl (C=O) groups excluding carboxylic acids is 1. The third-order valence-corrected chi connectivity index (χ3v) is 5.98. The number of carbonyl (C=O) groups is 2. The SMILES string of the molecule is Cc1ccccc1-n1nc(C(=O)N2CCCC(C)(C(=O)O)C2)c2c1CCC2. The van der Waals surface area contributed by atoms with Gasteiger partial charge in [0, 0.05) is 24.3 Å². The number of hydrogen-bond donors (Lipinski definition) is 1. The van der Waals surface area contributed by atoms with E-state index < -0.39 is 11.4 Å². The van der Waals surface area contributed by atoms with Crippen molar-refractivity contribution in [2.75, 3.05) is 13.1 Å². The zero-order valence-electron chi connectivity index (χ0n) is 15.9. The number of rotatable bonds is 3. The van der Waals surface area contributed by atoms with Crippen LogP contribution in [0, 0.1) is 12.3 Å². The average molecular weight is 367 g/mol. The van der Waals surface area contributed by atoms with E-state index in [0.717, 1.165) is 41.8 Å². The number of benzene rings is 1. The quantitative estimate of drug-likeness (QED) is 0.905. The molecule has 6 nitrogen and oxygen atoms in total. The highest BCUT2D eigenvalue weighted by atomic mass is 16.4. The molecule has 1 N–H and O–H groups in total. The fourth-order valence-electron chi connectivity index (χ4n) is 4.35. The van der Waals surface area contributed by atoms with E-state index in [1.165, 1.54) is 0 Å². The second-order valence-electron chi connectivity index (χ2n) is 8.02. The molecular weight excluding hydrogens is 342 g/mol. The number of carboxylic acid groups (broad SMARTS) is 1. The highest BCUT2D eigenvalue weighted by molar-refractivity contribution is 5.95. The fourth-order valence-corrected chi connectivity index (χ4v) is 4.35. The maximum atomic E-state index is 13.3. The number of amides is 1. The van der Waals surface area contributed by atoms with Gasteiger partial charge in [-0.25, -0.2) is 4.68 Å². The minimum atomic E-state index is -0.879. The molecule has 1 aliphatic heterocycles. The average Bonchev–Trinajstić information content (AvgIpc) is 3.24. The lowest BCUT2D eigenvalue weighted by Crippen LogP contribution is -2.48. The van der Waals surface area contributed by atoms with E-state index >= 15 is 0 Å². The molecule has 2 heterocycles. The zero-order chi connectivity index (χ0) is 19.2. The predicted molar refractivity (Wildman–Crippen MR) is 101 cm³/mol. The van der Waals surface area contributed by atoms with Crippen molar-refractivity contribution in [2.24, 2.45) is 5.41 Å². The Hall–Kier alpha value is -2.63. The summed E-state index contributed by atoms with van der Waals surface area (Å²) in [5, 5.41) is 14.3. The van der Waals surface area contributed by atoms with Crippen LogP contribution in [0.15, 0.2) is 24.3 Å². The van der Waals surface area contributed by atoms with Crippen LogP contribution in [0.5, 0.6) is 0 Å². The highest BCUT2D eigenvalue weighted by Gasteiger charge is 2.41. The zero-order valence-corrected chi connectivity index (χ0v) is 15.9. The number of aliphatic carboxylic acids is 1. The number of carboxylic acids is 1. The molecule has 4 rings (SSSR count). The van der Waals surface area contributed by atoms with Crippen molar-refractivity contribution in [2.45, 2.75) is 46.0 Å². The van der Waals surface area contributed by atoms with Crippen LogP contribution in [-0.2, 0) is 17.6 Å². The molecule has 1 unspecified atom stereocenters. The standard InChI is InChI=1S/C21H25N3O3/c1-14-7-3-4-9-16(14)24-17-10-5-8-15(17)18(22-24)19(25)23-12-6-11-21(2,13-23)20(26)27/h3-4,7,9H,5-6,8,10-13H2,1-2H3,(H,26,27). The summed E-state index contributed by atoms with van der Waals surface area (Å²) in [6.45, 7) is 4.61. The van der Waals surface area contributed by atoms with E-state index in [2.05, 4.69) is 0 Å². The molecule has 6 heteroatoms. The van der Waals surface area contributed by atoms with Crippen LogP contribution in [0.3, 0.4) is 0 Å². The second-order valence-corrected chi connectivity index (χ2v) is 8.02. The molecule has 142 valence electrons. The van der Waals surface area contributed by atoms with Crippen LogP contribution < -0.4 is 0 Å². The number of nitrogens with zero attached hydrogens (tertiary/aromatic N) is 3. The Morgan fingerprint density at radius 1 is 1.19 bits per heavy atom. The lowest BCUT2D eigenvalue weighted by Gasteiger charge is -2.37. The van der Waals surface area contributed by atoms with Crippen molar-refractivity contribution >= 4 is 11.9 Å². The van der Waals surface area contributed by atoms with E-state index in [4.69, 9.17) is 5.10 Å². The number of aromatic nitrogens is 2. The summed E-state index contributed by atoms with van der Waals surface area (Å²) in [6, 6.07) is 8.05. The Kier molecular flexibility index (Phi) is 4.29. The van der Waals surface area contributed by atoms with E-state index in [0.29, 0.717) is 25.1 Å². The van der Waals surface area contributed by atoms with Crippen molar-refractivity contribution < 1.29 is 14.7 Å². The molecule has 1 fully saturated rings. The molecule has 0 bridgehead atoms. The first-order valence-electron chi connectivity index (χ1n) is 9.60. The van der Waals surface area contributed by atoms with Crippen LogP contribution >= 0.6 is 0 Å². The van der Waals surface area contributed by atoms with Gasteiger partial charge in [0.1, 0.15) is 0 Å². The Balaban J connectivity index is 1.71. The Bertz CT molecular complexity index is 917. The van der Waals surface area contributed by atoms with Crippen molar-refractivity contribution in [1.29, 1.82) is 0 Å². The second kappa shape index (κ2) is 6.51. The van der Waals surface area contributed by atoms with Crippen molar-refractivity contribution in [1.82, 2.24) is 14.7 Å². The normalized spacial score (nSPS) is 21.9. The van der Waals surface area contributed by atoms with Crippen LogP contribution in [0.4, 0.5) is 0 Å². The van der Waals surface area contributed by atoms with Crippen molar-refractivity contribution in [3.8, 4) is 5.69 Å². The first-order chi connectivity index (χ1) is 12.9. The van der Waals surface area contributed by atoms with E-state index in [-0.39, 0.29) is 12.5 Å². The maximum absolute atomic E-state index is 13.3. The summed E-state index contributed by atoms with van der Waals surface area (Å²) in [6.07, 6.45) is 4.09. The summed E-state index contributed by atoms with van der Waals surface area (Å²) in [4.78, 5) is 26.6. The minimum absolute atomic E-state index is 0.132. The lowest BCUT2D eigenvalue weighted by molar-refractivity contribution is -0.150. The maximum Gasteiger partial charge on any atom is 0.311 e. The Morgan fingerprint density at radius 3 is 2.70 bits per heavy atom. The molecule has 0 radical (unpaired) electrons. The largest absolute Gasteiger partial charge is 0.481 e. The third-order valence-electron chi connectivity index (χ3n) is 5.98. The van der Waals surface area contributed by atoms with Gasteiger partial charge in [-0.15, -0.1) is 0 Å². The number of para-hydroxylation sites is 1. The summed E-state index contributed by atoms with van der Waals surface area (Å²) >= 11 is 0. The Morgan fingerprint density at radius 2 is 1.96 bits per heavy atom. The van der Waals surface area contributed by atoms with Gasteiger partial charge >= 0.3 is 5.97 Å². The van der Waals surface area contributed by atoms with Gasteiger partial charge in [0.2, 0.25) is 0 Å². The molecule has 0 spiro atoms. The summed E-state index contributed by atoms with van der Waals surface area (Å²) in [7, 11) is 0. The van der Waals surface area contributed by atoms with Gasteiger partial charge in [-0.3, -0.25) is 9.59 Å². The van der Waals surface area contributed by atoms with Gasteiger partial charge in [0.05, 0.1) is 11.1 Å². The van der Waals surface area contributed by atoms with Crippen LogP contribution in [-0.4, -0.2) is 44.8 Å². The van der Waals surface area contributed by atoms with Crippen molar-refractivity contribution in [3.63, 3.8) is 0 Å². The van der Waals surface area contributed by atoms with Gasteiger partial charge in [-0.1, -0.05) is 18.2 Å². The first-order valence-corrected chi connectivity index (χ1v) is 9.60. The first kappa shape index (κ1) is 17.8. The third kappa shape index (κ3) is 2.93. The fraction of sp³-hybridized carbons (Fsp3) is 0.476. The van der Waals surface area contributed by atoms with Crippen LogP contribution in [0.1, 0.15) is 53.5 Å². The monoisotopic (exact) mass is 367 g/mol. The summed E-state index contributed by atoms with van der Waals surface area (Å²) in [5.74, 6) is -0.969. The molecule has 2 aliphatic rings. The minimum Gasteiger partial charge on any atom is -0.481 e.